The van der Waals surface area contributed by atoms with Crippen molar-refractivity contribution in [3.8, 4) is 23.0 Å². The molecule has 0 spiro atoms. The van der Waals surface area contributed by atoms with Crippen LogP contribution in [-0.4, -0.2) is 83.8 Å². The number of nitrogens with zero attached hydrogens (tertiary/aromatic N) is 6. The van der Waals surface area contributed by atoms with Crippen LogP contribution in [0, 0.1) is 0 Å². The number of hydrogen-bond donors (Lipinski definition) is 0. The maximum absolute atomic E-state index is 13.5. The molecule has 1 aliphatic rings. The lowest BCUT2D eigenvalue weighted by molar-refractivity contribution is 0.222. The molecule has 1 aliphatic heterocycles. The van der Waals surface area contributed by atoms with Crippen molar-refractivity contribution in [2.45, 2.75) is 38.5 Å². The SMILES string of the molecule is CCCc1nn(C)c2c(OCC)nc(-c3cc(S(=O)(=O)N4CCN(C)CC4)ccc3OCC)nc12. The summed E-state index contributed by atoms with van der Waals surface area (Å²) in [6.45, 7) is 9.01. The van der Waals surface area contributed by atoms with E-state index in [2.05, 4.69) is 16.9 Å². The van der Waals surface area contributed by atoms with E-state index in [4.69, 9.17) is 19.4 Å². The molecule has 0 aliphatic carbocycles. The maximum Gasteiger partial charge on any atom is 0.243 e. The van der Waals surface area contributed by atoms with Crippen LogP contribution in [0.1, 0.15) is 32.9 Å². The van der Waals surface area contributed by atoms with Gasteiger partial charge in [0.15, 0.2) is 5.82 Å². The zero-order valence-corrected chi connectivity index (χ0v) is 21.9. The topological polar surface area (TPSA) is 103 Å². The minimum atomic E-state index is -3.68. The van der Waals surface area contributed by atoms with Crippen molar-refractivity contribution in [1.82, 2.24) is 29.0 Å². The van der Waals surface area contributed by atoms with Crippen LogP contribution in [0.3, 0.4) is 0 Å². The highest BCUT2D eigenvalue weighted by Crippen LogP contribution is 2.35. The second-order valence-electron chi connectivity index (χ2n) is 8.60. The van der Waals surface area contributed by atoms with Gasteiger partial charge in [-0.05, 0) is 45.5 Å². The standard InChI is InChI=1S/C24H34N6O4S/c1-6-9-19-21-22(29(5)27-19)24(34-8-3)26-23(25-21)18-16-17(10-11-20(18)33-7-2)35(31,32)30-14-12-28(4)13-15-30/h10-11,16H,6-9,12-15H2,1-5H3. The first-order chi connectivity index (χ1) is 16.8. The lowest BCUT2D eigenvalue weighted by Crippen LogP contribution is -2.47. The minimum absolute atomic E-state index is 0.196. The van der Waals surface area contributed by atoms with Gasteiger partial charge in [-0.25, -0.2) is 13.4 Å². The second kappa shape index (κ2) is 10.5. The van der Waals surface area contributed by atoms with E-state index in [-0.39, 0.29) is 4.90 Å². The van der Waals surface area contributed by atoms with Gasteiger partial charge in [-0.15, -0.1) is 0 Å². The van der Waals surface area contributed by atoms with E-state index in [0.717, 1.165) is 24.1 Å². The Morgan fingerprint density at radius 1 is 0.971 bits per heavy atom. The molecule has 10 nitrogen and oxygen atoms in total. The normalized spacial score (nSPS) is 15.6. The molecule has 2 aromatic heterocycles. The first kappa shape index (κ1) is 25.3. The molecule has 0 N–H and O–H groups in total. The predicted octanol–water partition coefficient (Wildman–Crippen LogP) is 2.72. The van der Waals surface area contributed by atoms with Gasteiger partial charge >= 0.3 is 0 Å². The van der Waals surface area contributed by atoms with E-state index in [1.807, 2.05) is 27.9 Å². The number of likely N-dealkylation sites (N-methyl/N-ethyl adjacent to an activating group) is 1. The van der Waals surface area contributed by atoms with Crippen molar-refractivity contribution < 1.29 is 17.9 Å². The average Bonchev–Trinajstić information content (AvgIpc) is 3.15. The Morgan fingerprint density at radius 3 is 2.34 bits per heavy atom. The Morgan fingerprint density at radius 2 is 1.69 bits per heavy atom. The monoisotopic (exact) mass is 502 g/mol. The Kier molecular flexibility index (Phi) is 7.58. The van der Waals surface area contributed by atoms with E-state index < -0.39 is 10.0 Å². The van der Waals surface area contributed by atoms with Gasteiger partial charge in [-0.3, -0.25) is 4.68 Å². The molecular formula is C24H34N6O4S. The molecule has 0 saturated carbocycles. The molecule has 0 atom stereocenters. The van der Waals surface area contributed by atoms with Gasteiger partial charge in [0, 0.05) is 33.2 Å². The highest BCUT2D eigenvalue weighted by Gasteiger charge is 2.29. The summed E-state index contributed by atoms with van der Waals surface area (Å²) in [5, 5.41) is 4.64. The third kappa shape index (κ3) is 4.98. The molecule has 3 heterocycles. The smallest absolute Gasteiger partial charge is 0.243 e. The quantitative estimate of drug-likeness (QED) is 0.440. The van der Waals surface area contributed by atoms with Gasteiger partial charge in [-0.1, -0.05) is 13.3 Å². The molecule has 1 fully saturated rings. The zero-order chi connectivity index (χ0) is 25.2. The number of ether oxygens (including phenoxy) is 2. The van der Waals surface area contributed by atoms with Crippen LogP contribution in [0.25, 0.3) is 22.4 Å². The lowest BCUT2D eigenvalue weighted by atomic mass is 10.1. The van der Waals surface area contributed by atoms with Crippen LogP contribution in [0.5, 0.6) is 11.6 Å². The predicted molar refractivity (Wildman–Crippen MR) is 134 cm³/mol. The molecule has 0 unspecified atom stereocenters. The molecule has 190 valence electrons. The summed E-state index contributed by atoms with van der Waals surface area (Å²) >= 11 is 0. The Labute approximate surface area is 206 Å². The van der Waals surface area contributed by atoms with Crippen LogP contribution in [0.15, 0.2) is 23.1 Å². The summed E-state index contributed by atoms with van der Waals surface area (Å²) in [6.07, 6.45) is 1.67. The third-order valence-corrected chi connectivity index (χ3v) is 7.97. The summed E-state index contributed by atoms with van der Waals surface area (Å²) in [6, 6.07) is 4.90. The van der Waals surface area contributed by atoms with Crippen molar-refractivity contribution in [1.29, 1.82) is 0 Å². The number of aryl methyl sites for hydroxylation is 2. The van der Waals surface area contributed by atoms with Crippen molar-refractivity contribution in [3.63, 3.8) is 0 Å². The second-order valence-corrected chi connectivity index (χ2v) is 10.5. The molecular weight excluding hydrogens is 468 g/mol. The summed E-state index contributed by atoms with van der Waals surface area (Å²) in [5.74, 6) is 1.29. The maximum atomic E-state index is 13.5. The molecule has 1 aromatic carbocycles. The molecule has 11 heteroatoms. The van der Waals surface area contributed by atoms with Crippen LogP contribution in [0.2, 0.25) is 0 Å². The molecule has 0 bridgehead atoms. The summed E-state index contributed by atoms with van der Waals surface area (Å²) in [7, 11) is 0.167. The van der Waals surface area contributed by atoms with Gasteiger partial charge in [0.2, 0.25) is 15.9 Å². The van der Waals surface area contributed by atoms with E-state index in [1.54, 1.807) is 22.9 Å². The fourth-order valence-corrected chi connectivity index (χ4v) is 5.72. The van der Waals surface area contributed by atoms with Crippen LogP contribution >= 0.6 is 0 Å². The highest BCUT2D eigenvalue weighted by atomic mass is 32.2. The number of sulfonamides is 1. The van der Waals surface area contributed by atoms with Gasteiger partial charge < -0.3 is 14.4 Å². The number of aromatic nitrogens is 4. The lowest BCUT2D eigenvalue weighted by Gasteiger charge is -2.31. The number of piperazine rings is 1. The Balaban J connectivity index is 1.88. The van der Waals surface area contributed by atoms with Gasteiger partial charge in [0.25, 0.3) is 0 Å². The fraction of sp³-hybridized carbons (Fsp3) is 0.542. The fourth-order valence-electron chi connectivity index (χ4n) is 4.27. The van der Waals surface area contributed by atoms with Crippen molar-refractivity contribution in [3.05, 3.63) is 23.9 Å². The van der Waals surface area contributed by atoms with Crippen molar-refractivity contribution in [2.75, 3.05) is 46.4 Å². The minimum Gasteiger partial charge on any atom is -0.493 e. The van der Waals surface area contributed by atoms with Gasteiger partial charge in [-0.2, -0.15) is 14.4 Å². The van der Waals surface area contributed by atoms with Crippen LogP contribution in [-0.2, 0) is 23.5 Å². The number of rotatable bonds is 9. The van der Waals surface area contributed by atoms with Crippen molar-refractivity contribution in [2.24, 2.45) is 7.05 Å². The Hall–Kier alpha value is -2.76. The summed E-state index contributed by atoms with van der Waals surface area (Å²) in [5.41, 5.74) is 2.79. The number of hydrogen-bond acceptors (Lipinski definition) is 8. The first-order valence-corrected chi connectivity index (χ1v) is 13.6. The van der Waals surface area contributed by atoms with Gasteiger partial charge in [0.05, 0.1) is 29.4 Å². The molecule has 4 rings (SSSR count). The highest BCUT2D eigenvalue weighted by molar-refractivity contribution is 7.89. The Bertz CT molecular complexity index is 1300. The molecule has 3 aromatic rings. The first-order valence-electron chi connectivity index (χ1n) is 12.1. The number of fused-ring (bicyclic) bond motifs is 1. The molecule has 1 saturated heterocycles. The third-order valence-electron chi connectivity index (χ3n) is 6.08. The van der Waals surface area contributed by atoms with E-state index in [1.165, 1.54) is 4.31 Å². The summed E-state index contributed by atoms with van der Waals surface area (Å²) in [4.78, 5) is 11.9. The van der Waals surface area contributed by atoms with Crippen molar-refractivity contribution >= 4 is 21.1 Å². The molecule has 0 amide bonds. The van der Waals surface area contributed by atoms with E-state index >= 15 is 0 Å². The molecule has 0 radical (unpaired) electrons. The van der Waals surface area contributed by atoms with Crippen LogP contribution in [0.4, 0.5) is 0 Å². The number of benzene rings is 1. The average molecular weight is 503 g/mol. The van der Waals surface area contributed by atoms with Gasteiger partial charge in [0.1, 0.15) is 16.8 Å². The summed E-state index contributed by atoms with van der Waals surface area (Å²) < 4.78 is 41.9. The van der Waals surface area contributed by atoms with E-state index in [9.17, 15) is 8.42 Å². The largest absolute Gasteiger partial charge is 0.493 e. The van der Waals surface area contributed by atoms with Crippen LogP contribution < -0.4 is 9.47 Å². The van der Waals surface area contributed by atoms with E-state index in [0.29, 0.717) is 67.9 Å². The molecule has 35 heavy (non-hydrogen) atoms. The zero-order valence-electron chi connectivity index (χ0n) is 21.1.